The maximum atomic E-state index is 12.3. The van der Waals surface area contributed by atoms with Crippen molar-refractivity contribution >= 4 is 5.91 Å². The maximum Gasteiger partial charge on any atom is 0.290 e. The van der Waals surface area contributed by atoms with Gasteiger partial charge in [-0.3, -0.25) is 4.79 Å². The van der Waals surface area contributed by atoms with E-state index < -0.39 is 6.10 Å². The molecule has 3 aromatic rings. The number of nitrogens with zero attached hydrogens (tertiary/aromatic N) is 3. The number of nitrogens with one attached hydrogen (secondary N) is 1. The van der Waals surface area contributed by atoms with Gasteiger partial charge in [-0.05, 0) is 25.7 Å². The number of hydrogen-bond donors (Lipinski definition) is 2. The summed E-state index contributed by atoms with van der Waals surface area (Å²) in [5.41, 5.74) is 1.54. The summed E-state index contributed by atoms with van der Waals surface area (Å²) in [6.45, 7) is 1.58. The molecule has 8 heteroatoms. The number of carbonyl (C=O) groups is 1. The van der Waals surface area contributed by atoms with Crippen molar-refractivity contribution < 1.29 is 18.8 Å². The van der Waals surface area contributed by atoms with Gasteiger partial charge in [0, 0.05) is 24.1 Å². The van der Waals surface area contributed by atoms with E-state index >= 15 is 0 Å². The molecule has 2 heterocycles. The number of hydrogen-bond acceptors (Lipinski definition) is 7. The molecule has 27 heavy (non-hydrogen) atoms. The second-order valence-corrected chi connectivity index (χ2v) is 6.86. The van der Waals surface area contributed by atoms with Crippen LogP contribution in [0.15, 0.2) is 45.3 Å². The molecule has 2 N–H and O–H groups in total. The fourth-order valence-corrected chi connectivity index (χ4v) is 3.17. The molecule has 1 aromatic carbocycles. The van der Waals surface area contributed by atoms with Gasteiger partial charge in [0.25, 0.3) is 5.91 Å². The minimum atomic E-state index is -0.762. The lowest BCUT2D eigenvalue weighted by atomic mass is 9.78. The van der Waals surface area contributed by atoms with E-state index in [1.807, 2.05) is 30.3 Å². The highest BCUT2D eigenvalue weighted by molar-refractivity contribution is 5.92. The summed E-state index contributed by atoms with van der Waals surface area (Å²) in [6.07, 6.45) is 1.55. The molecule has 0 saturated heterocycles. The van der Waals surface area contributed by atoms with Crippen molar-refractivity contribution in [1.29, 1.82) is 0 Å². The van der Waals surface area contributed by atoms with Gasteiger partial charge in [0.05, 0.1) is 0 Å². The van der Waals surface area contributed by atoms with Crippen LogP contribution in [0.4, 0.5) is 0 Å². The number of amides is 1. The van der Waals surface area contributed by atoms with Crippen LogP contribution in [0.2, 0.25) is 0 Å². The Bertz CT molecular complexity index is 913. The fourth-order valence-electron chi connectivity index (χ4n) is 3.17. The molecule has 0 bridgehead atoms. The van der Waals surface area contributed by atoms with E-state index in [2.05, 4.69) is 20.7 Å². The Labute approximate surface area is 155 Å². The summed E-state index contributed by atoms with van der Waals surface area (Å²) >= 11 is 0. The highest BCUT2D eigenvalue weighted by Crippen LogP contribution is 2.31. The van der Waals surface area contributed by atoms with E-state index in [0.29, 0.717) is 23.9 Å². The SMILES string of the molecule is CC(O)c1nnc(CC2CC(NC(=O)c3cc(-c4ccccc4)no3)C2)o1. The van der Waals surface area contributed by atoms with Crippen molar-refractivity contribution in [3.63, 3.8) is 0 Å². The molecule has 1 fully saturated rings. The Balaban J connectivity index is 1.27. The van der Waals surface area contributed by atoms with E-state index in [4.69, 9.17) is 8.94 Å². The van der Waals surface area contributed by atoms with E-state index in [9.17, 15) is 9.90 Å². The molecule has 0 radical (unpaired) electrons. The van der Waals surface area contributed by atoms with Crippen molar-refractivity contribution in [1.82, 2.24) is 20.7 Å². The van der Waals surface area contributed by atoms with Crippen LogP contribution in [0.25, 0.3) is 11.3 Å². The predicted molar refractivity (Wildman–Crippen MR) is 94.6 cm³/mol. The largest absolute Gasteiger partial charge is 0.422 e. The van der Waals surface area contributed by atoms with Crippen LogP contribution in [0.1, 0.15) is 48.2 Å². The first kappa shape index (κ1) is 17.4. The zero-order valence-corrected chi connectivity index (χ0v) is 14.8. The molecular weight excluding hydrogens is 348 g/mol. The number of aliphatic hydroxyl groups excluding tert-OH is 1. The van der Waals surface area contributed by atoms with Crippen LogP contribution in [-0.4, -0.2) is 32.4 Å². The molecule has 0 spiro atoms. The molecule has 2 aromatic heterocycles. The van der Waals surface area contributed by atoms with Crippen molar-refractivity contribution in [2.24, 2.45) is 5.92 Å². The highest BCUT2D eigenvalue weighted by Gasteiger charge is 2.32. The third-order valence-electron chi connectivity index (χ3n) is 4.68. The van der Waals surface area contributed by atoms with Crippen LogP contribution >= 0.6 is 0 Å². The van der Waals surface area contributed by atoms with Crippen LogP contribution in [-0.2, 0) is 6.42 Å². The Morgan fingerprint density at radius 3 is 2.78 bits per heavy atom. The molecule has 1 atom stereocenters. The molecule has 1 saturated carbocycles. The second-order valence-electron chi connectivity index (χ2n) is 6.86. The van der Waals surface area contributed by atoms with Gasteiger partial charge in [-0.2, -0.15) is 0 Å². The lowest BCUT2D eigenvalue weighted by molar-refractivity contribution is 0.0848. The van der Waals surface area contributed by atoms with Gasteiger partial charge >= 0.3 is 0 Å². The zero-order chi connectivity index (χ0) is 18.8. The highest BCUT2D eigenvalue weighted by atomic mass is 16.5. The van der Waals surface area contributed by atoms with Gasteiger partial charge < -0.3 is 19.4 Å². The van der Waals surface area contributed by atoms with E-state index in [0.717, 1.165) is 18.4 Å². The number of aliphatic hydroxyl groups is 1. The average Bonchev–Trinajstić information content (AvgIpc) is 3.30. The lowest BCUT2D eigenvalue weighted by Gasteiger charge is -2.34. The third-order valence-corrected chi connectivity index (χ3v) is 4.68. The number of carbonyl (C=O) groups excluding carboxylic acids is 1. The van der Waals surface area contributed by atoms with Crippen LogP contribution in [0, 0.1) is 5.92 Å². The standard InChI is InChI=1S/C19H20N4O4/c1-11(24)19-22-21-17(26-19)9-12-7-14(8-12)20-18(25)16-10-15(23-27-16)13-5-3-2-4-6-13/h2-6,10-12,14,24H,7-9H2,1H3,(H,20,25). The van der Waals surface area contributed by atoms with E-state index in [1.165, 1.54) is 0 Å². The van der Waals surface area contributed by atoms with Crippen LogP contribution < -0.4 is 5.32 Å². The normalized spacial score (nSPS) is 20.1. The Kier molecular flexibility index (Phi) is 4.72. The maximum absolute atomic E-state index is 12.3. The van der Waals surface area contributed by atoms with Gasteiger partial charge in [-0.15, -0.1) is 10.2 Å². The summed E-state index contributed by atoms with van der Waals surface area (Å²) < 4.78 is 10.6. The summed E-state index contributed by atoms with van der Waals surface area (Å²) in [6, 6.07) is 11.3. The molecule has 140 valence electrons. The topological polar surface area (TPSA) is 114 Å². The first-order valence-corrected chi connectivity index (χ1v) is 8.92. The van der Waals surface area contributed by atoms with E-state index in [1.54, 1.807) is 13.0 Å². The summed E-state index contributed by atoms with van der Waals surface area (Å²) in [5, 5.41) is 24.1. The minimum Gasteiger partial charge on any atom is -0.422 e. The van der Waals surface area contributed by atoms with Gasteiger partial charge in [0.2, 0.25) is 17.5 Å². The monoisotopic (exact) mass is 368 g/mol. The number of rotatable bonds is 6. The third kappa shape index (κ3) is 3.90. The van der Waals surface area contributed by atoms with Crippen LogP contribution in [0.3, 0.4) is 0 Å². The average molecular weight is 368 g/mol. The Morgan fingerprint density at radius 2 is 2.07 bits per heavy atom. The van der Waals surface area contributed by atoms with Gasteiger partial charge in [0.15, 0.2) is 0 Å². The predicted octanol–water partition coefficient (Wildman–Crippen LogP) is 2.53. The van der Waals surface area contributed by atoms with Crippen molar-refractivity contribution in [2.75, 3.05) is 0 Å². The molecule has 4 rings (SSSR count). The second kappa shape index (κ2) is 7.32. The fraction of sp³-hybridized carbons (Fsp3) is 0.368. The van der Waals surface area contributed by atoms with Crippen molar-refractivity contribution in [3.05, 3.63) is 53.9 Å². The zero-order valence-electron chi connectivity index (χ0n) is 14.8. The van der Waals surface area contributed by atoms with E-state index in [-0.39, 0.29) is 23.6 Å². The number of aromatic nitrogens is 3. The molecule has 1 unspecified atom stereocenters. The summed E-state index contributed by atoms with van der Waals surface area (Å²) in [7, 11) is 0. The van der Waals surface area contributed by atoms with Crippen molar-refractivity contribution in [3.8, 4) is 11.3 Å². The Morgan fingerprint density at radius 1 is 1.30 bits per heavy atom. The minimum absolute atomic E-state index is 0.0898. The quantitative estimate of drug-likeness (QED) is 0.687. The molecule has 0 aliphatic heterocycles. The molecule has 1 amide bonds. The summed E-state index contributed by atoms with van der Waals surface area (Å²) in [4.78, 5) is 12.3. The molecule has 1 aliphatic carbocycles. The molecule has 1 aliphatic rings. The smallest absolute Gasteiger partial charge is 0.290 e. The lowest BCUT2D eigenvalue weighted by Crippen LogP contribution is -2.44. The number of benzene rings is 1. The molecular formula is C19H20N4O4. The first-order valence-electron chi connectivity index (χ1n) is 8.92. The summed E-state index contributed by atoms with van der Waals surface area (Å²) in [5.74, 6) is 1.06. The Hall–Kier alpha value is -3.00. The van der Waals surface area contributed by atoms with Gasteiger partial charge in [0.1, 0.15) is 11.8 Å². The van der Waals surface area contributed by atoms with Crippen molar-refractivity contribution in [2.45, 2.75) is 38.3 Å². The van der Waals surface area contributed by atoms with Crippen LogP contribution in [0.5, 0.6) is 0 Å². The van der Waals surface area contributed by atoms with Gasteiger partial charge in [-0.25, -0.2) is 0 Å². The van der Waals surface area contributed by atoms with Gasteiger partial charge in [-0.1, -0.05) is 35.5 Å². The first-order chi connectivity index (χ1) is 13.1. The molecule has 8 nitrogen and oxygen atoms in total.